The Kier molecular flexibility index (Phi) is 4.01. The average molecular weight is 318 g/mol. The number of aromatic amines is 1. The first-order valence-corrected chi connectivity index (χ1v) is 7.81. The molecule has 0 saturated heterocycles. The molecule has 0 bridgehead atoms. The van der Waals surface area contributed by atoms with Gasteiger partial charge in [0.2, 0.25) is 0 Å². The molecule has 1 aromatic carbocycles. The van der Waals surface area contributed by atoms with Crippen molar-refractivity contribution in [3.63, 3.8) is 0 Å². The number of para-hydroxylation sites is 1. The van der Waals surface area contributed by atoms with E-state index in [9.17, 15) is 4.79 Å². The largest absolute Gasteiger partial charge is 0.384 e. The molecule has 0 radical (unpaired) electrons. The van der Waals surface area contributed by atoms with E-state index in [2.05, 4.69) is 4.98 Å². The molecule has 0 atom stereocenters. The molecular formula is C15H14N2O2S2. The number of aromatic nitrogens is 2. The minimum absolute atomic E-state index is 0.0754. The normalized spacial score (nSPS) is 11.1. The van der Waals surface area contributed by atoms with Crippen molar-refractivity contribution in [1.29, 1.82) is 0 Å². The fourth-order valence-corrected chi connectivity index (χ4v) is 3.38. The number of thiophene rings is 1. The second-order valence-corrected chi connectivity index (χ2v) is 5.91. The molecule has 0 amide bonds. The van der Waals surface area contributed by atoms with Crippen LogP contribution < -0.4 is 5.56 Å². The van der Waals surface area contributed by atoms with Gasteiger partial charge in [-0.1, -0.05) is 18.2 Å². The van der Waals surface area contributed by atoms with E-state index in [1.165, 1.54) is 11.3 Å². The lowest BCUT2D eigenvalue weighted by Crippen LogP contribution is -2.21. The molecular weight excluding hydrogens is 304 g/mol. The first-order valence-electron chi connectivity index (χ1n) is 6.52. The van der Waals surface area contributed by atoms with E-state index in [4.69, 9.17) is 17.0 Å². The van der Waals surface area contributed by atoms with E-state index in [-0.39, 0.29) is 5.56 Å². The van der Waals surface area contributed by atoms with Crippen LogP contribution in [-0.4, -0.2) is 23.3 Å². The van der Waals surface area contributed by atoms with Gasteiger partial charge in [0.25, 0.3) is 5.56 Å². The van der Waals surface area contributed by atoms with Gasteiger partial charge in [-0.15, -0.1) is 11.3 Å². The third-order valence-corrected chi connectivity index (χ3v) is 4.50. The van der Waals surface area contributed by atoms with E-state index in [0.717, 1.165) is 23.2 Å². The first kappa shape index (κ1) is 14.2. The van der Waals surface area contributed by atoms with E-state index < -0.39 is 0 Å². The van der Waals surface area contributed by atoms with E-state index >= 15 is 0 Å². The van der Waals surface area contributed by atoms with Crippen LogP contribution in [0.5, 0.6) is 0 Å². The molecule has 3 aromatic rings. The Morgan fingerprint density at radius 1 is 1.33 bits per heavy atom. The summed E-state index contributed by atoms with van der Waals surface area (Å²) in [5, 5.41) is 1.89. The second-order valence-electron chi connectivity index (χ2n) is 4.61. The van der Waals surface area contributed by atoms with Crippen molar-refractivity contribution in [3.8, 4) is 5.69 Å². The van der Waals surface area contributed by atoms with Crippen molar-refractivity contribution in [2.75, 3.05) is 13.7 Å². The molecule has 4 nitrogen and oxygen atoms in total. The fourth-order valence-electron chi connectivity index (χ4n) is 2.31. The van der Waals surface area contributed by atoms with Gasteiger partial charge in [-0.25, -0.2) is 0 Å². The van der Waals surface area contributed by atoms with Gasteiger partial charge in [-0.2, -0.15) is 0 Å². The molecule has 6 heteroatoms. The van der Waals surface area contributed by atoms with Gasteiger partial charge < -0.3 is 9.72 Å². The zero-order valence-electron chi connectivity index (χ0n) is 11.5. The van der Waals surface area contributed by atoms with Crippen LogP contribution in [0.25, 0.3) is 15.9 Å². The first-order chi connectivity index (χ1) is 10.2. The standard InChI is InChI=1S/C15H14N2O2S2/c1-19-8-6-10-4-2-3-5-12(10)17-14(18)13-11(7-9-21-13)16-15(17)20/h2-5,7,9H,6,8H2,1H3,(H,16,20). The van der Waals surface area contributed by atoms with Crippen molar-refractivity contribution in [2.45, 2.75) is 6.42 Å². The van der Waals surface area contributed by atoms with Crippen LogP contribution in [0.4, 0.5) is 0 Å². The summed E-state index contributed by atoms with van der Waals surface area (Å²) in [6.45, 7) is 0.601. The maximum atomic E-state index is 12.7. The quantitative estimate of drug-likeness (QED) is 0.751. The van der Waals surface area contributed by atoms with Crippen molar-refractivity contribution >= 4 is 33.8 Å². The highest BCUT2D eigenvalue weighted by Gasteiger charge is 2.11. The summed E-state index contributed by atoms with van der Waals surface area (Å²) >= 11 is 6.79. The van der Waals surface area contributed by atoms with Gasteiger partial charge in [-0.3, -0.25) is 9.36 Å². The minimum atomic E-state index is -0.0754. The molecule has 0 aliphatic carbocycles. The zero-order chi connectivity index (χ0) is 14.8. The Labute approximate surface area is 130 Å². The molecule has 0 spiro atoms. The topological polar surface area (TPSA) is 47.0 Å². The highest BCUT2D eigenvalue weighted by atomic mass is 32.1. The Hall–Kier alpha value is -1.76. The van der Waals surface area contributed by atoms with Gasteiger partial charge in [0, 0.05) is 7.11 Å². The molecule has 0 fully saturated rings. The molecule has 2 aromatic heterocycles. The number of H-pyrrole nitrogens is 1. The number of methoxy groups -OCH3 is 1. The average Bonchev–Trinajstić information content (AvgIpc) is 2.94. The van der Waals surface area contributed by atoms with E-state index in [1.54, 1.807) is 11.7 Å². The molecule has 108 valence electrons. The number of ether oxygens (including phenoxy) is 1. The summed E-state index contributed by atoms with van der Waals surface area (Å²) in [4.78, 5) is 15.8. The van der Waals surface area contributed by atoms with Gasteiger partial charge in [0.1, 0.15) is 4.70 Å². The van der Waals surface area contributed by atoms with Crippen molar-refractivity contribution < 1.29 is 4.74 Å². The van der Waals surface area contributed by atoms with Crippen LogP contribution in [0.1, 0.15) is 5.56 Å². The summed E-state index contributed by atoms with van der Waals surface area (Å²) in [6.07, 6.45) is 0.733. The van der Waals surface area contributed by atoms with E-state index in [1.807, 2.05) is 35.7 Å². The lowest BCUT2D eigenvalue weighted by atomic mass is 10.1. The minimum Gasteiger partial charge on any atom is -0.384 e. The predicted octanol–water partition coefficient (Wildman–Crippen LogP) is 3.30. The van der Waals surface area contributed by atoms with Crippen LogP contribution in [0.2, 0.25) is 0 Å². The highest BCUT2D eigenvalue weighted by molar-refractivity contribution is 7.71. The van der Waals surface area contributed by atoms with Gasteiger partial charge in [-0.05, 0) is 41.7 Å². The SMILES string of the molecule is COCCc1ccccc1-n1c(=S)[nH]c2ccsc2c1=O. The summed E-state index contributed by atoms with van der Waals surface area (Å²) < 4.78 is 7.80. The molecule has 0 aliphatic rings. The Morgan fingerprint density at radius 3 is 2.95 bits per heavy atom. The number of hydrogen-bond donors (Lipinski definition) is 1. The van der Waals surface area contributed by atoms with Crippen molar-refractivity contribution in [2.24, 2.45) is 0 Å². The monoisotopic (exact) mass is 318 g/mol. The molecule has 2 heterocycles. The third-order valence-electron chi connectivity index (χ3n) is 3.32. The van der Waals surface area contributed by atoms with Gasteiger partial charge >= 0.3 is 0 Å². The van der Waals surface area contributed by atoms with Gasteiger partial charge in [0.05, 0.1) is 17.8 Å². The Morgan fingerprint density at radius 2 is 2.14 bits per heavy atom. The second kappa shape index (κ2) is 5.93. The number of rotatable bonds is 4. The number of nitrogens with one attached hydrogen (secondary N) is 1. The molecule has 21 heavy (non-hydrogen) atoms. The molecule has 0 aliphatic heterocycles. The predicted molar refractivity (Wildman–Crippen MR) is 88.2 cm³/mol. The number of nitrogens with zero attached hydrogens (tertiary/aromatic N) is 1. The zero-order valence-corrected chi connectivity index (χ0v) is 13.1. The Balaban J connectivity index is 2.26. The van der Waals surface area contributed by atoms with Crippen molar-refractivity contribution in [3.05, 3.63) is 56.4 Å². The van der Waals surface area contributed by atoms with Crippen LogP contribution in [0.3, 0.4) is 0 Å². The van der Waals surface area contributed by atoms with Crippen LogP contribution >= 0.6 is 23.6 Å². The lowest BCUT2D eigenvalue weighted by Gasteiger charge is -2.12. The fraction of sp³-hybridized carbons (Fsp3) is 0.200. The summed E-state index contributed by atoms with van der Waals surface area (Å²) in [5.41, 5.74) is 2.57. The van der Waals surface area contributed by atoms with Crippen LogP contribution in [-0.2, 0) is 11.2 Å². The number of fused-ring (bicyclic) bond motifs is 1. The van der Waals surface area contributed by atoms with Crippen molar-refractivity contribution in [1.82, 2.24) is 9.55 Å². The van der Waals surface area contributed by atoms with E-state index in [0.29, 0.717) is 16.1 Å². The summed E-state index contributed by atoms with van der Waals surface area (Å²) in [7, 11) is 1.67. The highest BCUT2D eigenvalue weighted by Crippen LogP contribution is 2.18. The molecule has 0 unspecified atom stereocenters. The molecule has 3 rings (SSSR count). The number of hydrogen-bond acceptors (Lipinski definition) is 4. The summed E-state index contributed by atoms with van der Waals surface area (Å²) in [6, 6.07) is 9.64. The molecule has 0 saturated carbocycles. The molecule has 1 N–H and O–H groups in total. The van der Waals surface area contributed by atoms with Gasteiger partial charge in [0.15, 0.2) is 4.77 Å². The maximum absolute atomic E-state index is 12.7. The van der Waals surface area contributed by atoms with Crippen LogP contribution in [0.15, 0.2) is 40.5 Å². The Bertz CT molecular complexity index is 892. The number of benzene rings is 1. The van der Waals surface area contributed by atoms with Crippen LogP contribution in [0, 0.1) is 4.77 Å². The maximum Gasteiger partial charge on any atom is 0.276 e. The third kappa shape index (κ3) is 2.57. The smallest absolute Gasteiger partial charge is 0.276 e. The lowest BCUT2D eigenvalue weighted by molar-refractivity contribution is 0.202. The summed E-state index contributed by atoms with van der Waals surface area (Å²) in [5.74, 6) is 0.